The molecule has 1 aromatic heterocycles. The van der Waals surface area contributed by atoms with E-state index in [4.69, 9.17) is 23.4 Å². The quantitative estimate of drug-likeness (QED) is 0.565. The van der Waals surface area contributed by atoms with Gasteiger partial charge in [0.2, 0.25) is 0 Å². The van der Waals surface area contributed by atoms with Crippen LogP contribution in [-0.2, 0) is 11.2 Å². The van der Waals surface area contributed by atoms with E-state index in [1.807, 2.05) is 0 Å². The Morgan fingerprint density at radius 1 is 1.19 bits per heavy atom. The smallest absolute Gasteiger partial charge is 0.193 e. The van der Waals surface area contributed by atoms with Gasteiger partial charge in [-0.2, -0.15) is 0 Å². The van der Waals surface area contributed by atoms with Crippen LogP contribution in [0.5, 0.6) is 0 Å². The number of rotatable bonds is 0. The number of nitrogens with zero attached hydrogens (tertiary/aromatic N) is 1. The monoisotopic (exact) mass is 392 g/mol. The van der Waals surface area contributed by atoms with Gasteiger partial charge in [0.1, 0.15) is 12.3 Å². The third-order valence-electron chi connectivity index (χ3n) is 5.64. The highest BCUT2D eigenvalue weighted by molar-refractivity contribution is 5.85. The molecule has 5 rings (SSSR count). The number of allylic oxidation sites excluding steroid dienone is 2. The molecule has 0 spiro atoms. The van der Waals surface area contributed by atoms with Crippen LogP contribution < -0.4 is 18.6 Å². The van der Waals surface area contributed by atoms with Gasteiger partial charge in [-0.1, -0.05) is 18.2 Å². The molecular formula is C19H21ClN2O5. The molecule has 3 aliphatic rings. The molecule has 1 aromatic carbocycles. The first kappa shape index (κ1) is 18.5. The SMILES string of the molecule is CC1=C2C=[N+]3CCc4c([nH]c5ccccc45)[C@@H]3C[C@@H]2CCO1.[O-][Cl+3]([O-])([O-])[O-]. The summed E-state index contributed by atoms with van der Waals surface area (Å²) in [6.07, 6.45) is 5.88. The number of nitrogens with one attached hydrogen (secondary N) is 1. The Balaban J connectivity index is 0.000000323. The number of hydrogen-bond donors (Lipinski definition) is 1. The summed E-state index contributed by atoms with van der Waals surface area (Å²) in [6, 6.07) is 9.25. The van der Waals surface area contributed by atoms with Crippen LogP contribution in [0.2, 0.25) is 0 Å². The predicted molar refractivity (Wildman–Crippen MR) is 87.3 cm³/mol. The molecule has 27 heavy (non-hydrogen) atoms. The lowest BCUT2D eigenvalue weighted by atomic mass is 9.81. The fraction of sp³-hybridized carbons (Fsp3) is 0.421. The van der Waals surface area contributed by atoms with Crippen molar-refractivity contribution in [2.24, 2.45) is 5.92 Å². The van der Waals surface area contributed by atoms with E-state index in [1.54, 1.807) is 5.56 Å². The zero-order chi connectivity index (χ0) is 19.2. The van der Waals surface area contributed by atoms with Gasteiger partial charge in [0.15, 0.2) is 12.3 Å². The number of H-pyrrole nitrogens is 1. The van der Waals surface area contributed by atoms with E-state index in [9.17, 15) is 0 Å². The summed E-state index contributed by atoms with van der Waals surface area (Å²) < 4.78 is 42.3. The van der Waals surface area contributed by atoms with Crippen LogP contribution in [0.15, 0.2) is 35.6 Å². The molecule has 1 N–H and O–H groups in total. The van der Waals surface area contributed by atoms with E-state index in [2.05, 4.69) is 47.0 Å². The van der Waals surface area contributed by atoms with Crippen molar-refractivity contribution in [1.82, 2.24) is 4.98 Å². The van der Waals surface area contributed by atoms with E-state index in [1.165, 1.54) is 28.6 Å². The number of aromatic amines is 1. The Labute approximate surface area is 158 Å². The van der Waals surface area contributed by atoms with E-state index >= 15 is 0 Å². The van der Waals surface area contributed by atoms with Crippen molar-refractivity contribution in [2.45, 2.75) is 32.2 Å². The van der Waals surface area contributed by atoms with Crippen LogP contribution in [0.1, 0.15) is 37.1 Å². The van der Waals surface area contributed by atoms with Gasteiger partial charge in [-0.25, -0.2) is 23.2 Å². The van der Waals surface area contributed by atoms with Crippen LogP contribution >= 0.6 is 0 Å². The number of para-hydroxylation sites is 1. The molecule has 0 radical (unpaired) electrons. The highest BCUT2D eigenvalue weighted by Gasteiger charge is 2.41. The number of hydrogen-bond acceptors (Lipinski definition) is 5. The molecule has 8 heteroatoms. The topological polar surface area (TPSA) is 120 Å². The average Bonchev–Trinajstić information content (AvgIpc) is 2.98. The first-order valence-electron chi connectivity index (χ1n) is 8.96. The highest BCUT2D eigenvalue weighted by Crippen LogP contribution is 2.41. The van der Waals surface area contributed by atoms with E-state index < -0.39 is 10.2 Å². The second kappa shape index (κ2) is 6.92. The van der Waals surface area contributed by atoms with Crippen molar-refractivity contribution in [2.75, 3.05) is 13.2 Å². The lowest BCUT2D eigenvalue weighted by molar-refractivity contribution is -2.00. The molecule has 0 amide bonds. The van der Waals surface area contributed by atoms with E-state index in [0.29, 0.717) is 12.0 Å². The van der Waals surface area contributed by atoms with Crippen molar-refractivity contribution in [3.63, 3.8) is 0 Å². The second-order valence-electron chi connectivity index (χ2n) is 7.15. The number of benzene rings is 1. The fourth-order valence-corrected chi connectivity index (χ4v) is 4.51. The molecule has 2 aromatic rings. The normalized spacial score (nSPS) is 24.1. The Bertz CT molecular complexity index is 922. The summed E-state index contributed by atoms with van der Waals surface area (Å²) >= 11 is 0. The zero-order valence-electron chi connectivity index (χ0n) is 14.9. The van der Waals surface area contributed by atoms with Gasteiger partial charge in [-0.05, 0) is 25.0 Å². The van der Waals surface area contributed by atoms with Crippen LogP contribution in [0.3, 0.4) is 0 Å². The Morgan fingerprint density at radius 3 is 2.70 bits per heavy atom. The Morgan fingerprint density at radius 2 is 1.93 bits per heavy atom. The average molecular weight is 393 g/mol. The summed E-state index contributed by atoms with van der Waals surface area (Å²) in [4.78, 5) is 3.71. The van der Waals surface area contributed by atoms with E-state index in [-0.39, 0.29) is 0 Å². The first-order valence-corrected chi connectivity index (χ1v) is 10.2. The third-order valence-corrected chi connectivity index (χ3v) is 5.64. The maximum atomic E-state index is 8.49. The summed E-state index contributed by atoms with van der Waals surface area (Å²) in [5.74, 6) is 1.80. The number of halogens is 1. The molecule has 0 saturated carbocycles. The first-order chi connectivity index (χ1) is 12.8. The van der Waals surface area contributed by atoms with E-state index in [0.717, 1.165) is 31.8 Å². The molecule has 0 fully saturated rings. The summed E-state index contributed by atoms with van der Waals surface area (Å²) in [7, 11) is -4.94. The van der Waals surface area contributed by atoms with Gasteiger partial charge in [-0.3, -0.25) is 0 Å². The largest absolute Gasteiger partial charge is 0.498 e. The van der Waals surface area contributed by atoms with Gasteiger partial charge >= 0.3 is 0 Å². The summed E-state index contributed by atoms with van der Waals surface area (Å²) in [6.45, 7) is 4.11. The highest BCUT2D eigenvalue weighted by atomic mass is 35.7. The van der Waals surface area contributed by atoms with Crippen LogP contribution in [0.4, 0.5) is 0 Å². The molecule has 7 nitrogen and oxygen atoms in total. The lowest BCUT2D eigenvalue weighted by Crippen LogP contribution is -2.68. The zero-order valence-corrected chi connectivity index (χ0v) is 15.7. The lowest BCUT2D eigenvalue weighted by Gasteiger charge is -2.33. The number of fused-ring (bicyclic) bond motifs is 6. The van der Waals surface area contributed by atoms with Crippen LogP contribution in [-0.4, -0.2) is 28.9 Å². The molecular weight excluding hydrogens is 372 g/mol. The molecule has 0 aliphatic carbocycles. The van der Waals surface area contributed by atoms with Gasteiger partial charge in [-0.15, -0.1) is 10.2 Å². The van der Waals surface area contributed by atoms with Gasteiger partial charge < -0.3 is 9.72 Å². The summed E-state index contributed by atoms with van der Waals surface area (Å²) in [5.41, 5.74) is 5.72. The minimum Gasteiger partial charge on any atom is -0.498 e. The minimum atomic E-state index is -4.94. The van der Waals surface area contributed by atoms with Crippen molar-refractivity contribution in [3.8, 4) is 0 Å². The molecule has 0 saturated heterocycles. The third kappa shape index (κ3) is 3.74. The fourth-order valence-electron chi connectivity index (χ4n) is 4.51. The standard InChI is InChI=1S/C19H21N2O.ClHO4/c1-12-16-11-21-8-6-15-14-4-2-3-5-17(14)20-19(15)18(21)10-13(16)7-9-22-12;2-1(3,4)5/h2-5,11,13,18,20H,6-10H2,1H3;(H,2,3,4,5)/q+1;/p-1/t13-,18-;/m0./s1. The van der Waals surface area contributed by atoms with Crippen molar-refractivity contribution < 1.29 is 38.2 Å². The molecule has 0 bridgehead atoms. The number of ether oxygens (including phenoxy) is 1. The number of aromatic nitrogens is 1. The van der Waals surface area contributed by atoms with Crippen molar-refractivity contribution in [1.29, 1.82) is 0 Å². The van der Waals surface area contributed by atoms with Gasteiger partial charge in [0.25, 0.3) is 0 Å². The Hall–Kier alpha value is -1.90. The molecule has 4 heterocycles. The second-order valence-corrected chi connectivity index (χ2v) is 7.91. The molecule has 144 valence electrons. The maximum Gasteiger partial charge on any atom is 0.193 e. The minimum absolute atomic E-state index is 0.510. The summed E-state index contributed by atoms with van der Waals surface area (Å²) in [5, 5.41) is 1.42. The van der Waals surface area contributed by atoms with Crippen LogP contribution in [0.25, 0.3) is 10.9 Å². The van der Waals surface area contributed by atoms with Crippen LogP contribution in [0, 0.1) is 16.2 Å². The predicted octanol–water partition coefficient (Wildman–Crippen LogP) is -1.19. The van der Waals surface area contributed by atoms with Crippen molar-refractivity contribution in [3.05, 3.63) is 46.9 Å². The van der Waals surface area contributed by atoms with Gasteiger partial charge in [0, 0.05) is 29.7 Å². The molecule has 2 atom stereocenters. The van der Waals surface area contributed by atoms with Crippen molar-refractivity contribution >= 4 is 17.1 Å². The maximum absolute atomic E-state index is 8.49. The molecule has 3 aliphatic heterocycles. The molecule has 0 unspecified atom stereocenters. The Kier molecular flexibility index (Phi) is 4.73. The van der Waals surface area contributed by atoms with Gasteiger partial charge in [0.05, 0.1) is 17.9 Å².